The Bertz CT molecular complexity index is 1380. The van der Waals surface area contributed by atoms with Gasteiger partial charge in [-0.1, -0.05) is 42.5 Å². The number of benzene rings is 3. The van der Waals surface area contributed by atoms with Crippen LogP contribution in [0.25, 0.3) is 11.0 Å². The molecule has 3 aromatic carbocycles. The monoisotopic (exact) mass is 470 g/mol. The molecule has 1 fully saturated rings. The fraction of sp³-hybridized carbons (Fsp3) is 0.250. The lowest BCUT2D eigenvalue weighted by Crippen LogP contribution is -2.39. The summed E-state index contributed by atoms with van der Waals surface area (Å²) in [5.41, 5.74) is 2.71. The van der Waals surface area contributed by atoms with Crippen LogP contribution < -0.4 is 9.80 Å². The molecule has 35 heavy (non-hydrogen) atoms. The highest BCUT2D eigenvalue weighted by Gasteiger charge is 2.36. The predicted molar refractivity (Wildman–Crippen MR) is 135 cm³/mol. The molecule has 0 radical (unpaired) electrons. The van der Waals surface area contributed by atoms with E-state index in [0.29, 0.717) is 12.4 Å². The molecule has 1 aliphatic heterocycles. The Kier molecular flexibility index (Phi) is 6.07. The van der Waals surface area contributed by atoms with Crippen LogP contribution in [0.3, 0.4) is 0 Å². The largest absolute Gasteiger partial charge is 0.318 e. The summed E-state index contributed by atoms with van der Waals surface area (Å²) >= 11 is 0. The Labute approximate surface area is 203 Å². The molecule has 7 heteroatoms. The first-order chi connectivity index (χ1) is 16.9. The molecule has 0 N–H and O–H groups in total. The fourth-order valence-electron chi connectivity index (χ4n) is 4.89. The first-order valence-corrected chi connectivity index (χ1v) is 11.8. The molecule has 1 atom stereocenters. The highest BCUT2D eigenvalue weighted by atomic mass is 19.1. The average molecular weight is 471 g/mol. The van der Waals surface area contributed by atoms with Crippen LogP contribution in [-0.2, 0) is 16.1 Å². The minimum atomic E-state index is -0.430. The number of carbonyl (C=O) groups is 2. The Hall–Kier alpha value is -4.00. The van der Waals surface area contributed by atoms with Crippen molar-refractivity contribution in [3.63, 3.8) is 0 Å². The number of para-hydroxylation sites is 4. The number of nitrogens with zero attached hydrogens (tertiary/aromatic N) is 4. The zero-order valence-corrected chi connectivity index (χ0v) is 19.8. The summed E-state index contributed by atoms with van der Waals surface area (Å²) in [6.07, 6.45) is 0.207. The lowest BCUT2D eigenvalue weighted by molar-refractivity contribution is -0.119. The van der Waals surface area contributed by atoms with Gasteiger partial charge in [-0.15, -0.1) is 0 Å². The first kappa shape index (κ1) is 22.8. The number of fused-ring (bicyclic) bond motifs is 1. The normalized spacial score (nSPS) is 15.8. The Morgan fingerprint density at radius 3 is 2.46 bits per heavy atom. The standard InChI is InChI=1S/C28H27FN4O2/c1-19(2)33(21-10-4-3-5-11-21)27(35)18-32-25-15-9-7-13-23(25)30-28(32)20-16-26(34)31(17-20)24-14-8-6-12-22(24)29/h3-15,19-20H,16-18H2,1-2H3/t20-/m1/s1. The number of hydrogen-bond donors (Lipinski definition) is 0. The number of amides is 2. The molecular formula is C28H27FN4O2. The minimum absolute atomic E-state index is 0.0345. The van der Waals surface area contributed by atoms with Crippen molar-refractivity contribution in [2.45, 2.75) is 38.8 Å². The Morgan fingerprint density at radius 1 is 1.03 bits per heavy atom. The van der Waals surface area contributed by atoms with Crippen molar-refractivity contribution in [1.29, 1.82) is 0 Å². The van der Waals surface area contributed by atoms with E-state index in [0.717, 1.165) is 16.7 Å². The van der Waals surface area contributed by atoms with Gasteiger partial charge in [-0.2, -0.15) is 0 Å². The summed E-state index contributed by atoms with van der Waals surface area (Å²) in [6.45, 7) is 4.37. The van der Waals surface area contributed by atoms with E-state index in [1.807, 2.05) is 73.0 Å². The predicted octanol–water partition coefficient (Wildman–Crippen LogP) is 5.14. The molecule has 5 rings (SSSR count). The molecular weight excluding hydrogens is 443 g/mol. The van der Waals surface area contributed by atoms with Crippen molar-refractivity contribution < 1.29 is 14.0 Å². The molecule has 0 bridgehead atoms. The van der Waals surface area contributed by atoms with Crippen molar-refractivity contribution in [2.24, 2.45) is 0 Å². The van der Waals surface area contributed by atoms with Gasteiger partial charge in [-0.05, 0) is 50.2 Å². The molecule has 1 saturated heterocycles. The molecule has 0 unspecified atom stereocenters. The number of hydrogen-bond acceptors (Lipinski definition) is 3. The summed E-state index contributed by atoms with van der Waals surface area (Å²) in [6, 6.07) is 23.5. The summed E-state index contributed by atoms with van der Waals surface area (Å²) in [7, 11) is 0. The van der Waals surface area contributed by atoms with Gasteiger partial charge < -0.3 is 14.4 Å². The fourth-order valence-corrected chi connectivity index (χ4v) is 4.89. The lowest BCUT2D eigenvalue weighted by Gasteiger charge is -2.27. The van der Waals surface area contributed by atoms with Gasteiger partial charge in [-0.3, -0.25) is 9.59 Å². The van der Waals surface area contributed by atoms with Crippen molar-refractivity contribution in [3.05, 3.63) is 90.5 Å². The zero-order valence-electron chi connectivity index (χ0n) is 19.8. The maximum absolute atomic E-state index is 14.4. The van der Waals surface area contributed by atoms with E-state index in [9.17, 15) is 14.0 Å². The van der Waals surface area contributed by atoms with Gasteiger partial charge >= 0.3 is 0 Å². The maximum Gasteiger partial charge on any atom is 0.247 e. The van der Waals surface area contributed by atoms with E-state index in [2.05, 4.69) is 0 Å². The Balaban J connectivity index is 1.50. The summed E-state index contributed by atoms with van der Waals surface area (Å²) in [5.74, 6) is -0.236. The second-order valence-electron chi connectivity index (χ2n) is 9.09. The van der Waals surface area contributed by atoms with Crippen molar-refractivity contribution in [3.8, 4) is 0 Å². The van der Waals surface area contributed by atoms with E-state index in [1.54, 1.807) is 23.1 Å². The number of imidazole rings is 1. The SMILES string of the molecule is CC(C)N(C(=O)Cn1c([C@@H]2CC(=O)N(c3ccccc3F)C2)nc2ccccc21)c1ccccc1. The van der Waals surface area contributed by atoms with Crippen LogP contribution in [0.1, 0.15) is 32.0 Å². The van der Waals surface area contributed by atoms with Gasteiger partial charge in [0.15, 0.2) is 0 Å². The van der Waals surface area contributed by atoms with Crippen LogP contribution in [0.4, 0.5) is 15.8 Å². The molecule has 0 spiro atoms. The maximum atomic E-state index is 14.4. The number of anilines is 2. The van der Waals surface area contributed by atoms with E-state index in [1.165, 1.54) is 11.0 Å². The van der Waals surface area contributed by atoms with E-state index in [-0.39, 0.29) is 42.4 Å². The highest BCUT2D eigenvalue weighted by molar-refractivity contribution is 5.97. The molecule has 0 saturated carbocycles. The highest BCUT2D eigenvalue weighted by Crippen LogP contribution is 2.34. The van der Waals surface area contributed by atoms with Crippen LogP contribution in [0.2, 0.25) is 0 Å². The quantitative estimate of drug-likeness (QED) is 0.392. The molecule has 2 amide bonds. The van der Waals surface area contributed by atoms with Crippen LogP contribution in [0.15, 0.2) is 78.9 Å². The third kappa shape index (κ3) is 4.30. The number of carbonyl (C=O) groups excluding carboxylic acids is 2. The molecule has 1 aliphatic rings. The molecule has 2 heterocycles. The molecule has 178 valence electrons. The van der Waals surface area contributed by atoms with Gasteiger partial charge in [0.2, 0.25) is 11.8 Å². The second kappa shape index (κ2) is 9.33. The topological polar surface area (TPSA) is 58.4 Å². The van der Waals surface area contributed by atoms with Crippen molar-refractivity contribution in [2.75, 3.05) is 16.3 Å². The zero-order chi connectivity index (χ0) is 24.5. The average Bonchev–Trinajstić information content (AvgIpc) is 3.40. The summed E-state index contributed by atoms with van der Waals surface area (Å²) < 4.78 is 16.3. The molecule has 4 aromatic rings. The van der Waals surface area contributed by atoms with Crippen LogP contribution in [0.5, 0.6) is 0 Å². The third-order valence-corrected chi connectivity index (χ3v) is 6.43. The van der Waals surface area contributed by atoms with Gasteiger partial charge in [0.05, 0.1) is 16.7 Å². The van der Waals surface area contributed by atoms with Crippen molar-refractivity contribution in [1.82, 2.24) is 9.55 Å². The van der Waals surface area contributed by atoms with E-state index < -0.39 is 5.82 Å². The Morgan fingerprint density at radius 2 is 1.71 bits per heavy atom. The number of rotatable bonds is 6. The van der Waals surface area contributed by atoms with Gasteiger partial charge in [0.1, 0.15) is 18.2 Å². The number of aromatic nitrogens is 2. The smallest absolute Gasteiger partial charge is 0.247 e. The molecule has 6 nitrogen and oxygen atoms in total. The molecule has 0 aliphatic carbocycles. The molecule has 1 aromatic heterocycles. The van der Waals surface area contributed by atoms with Crippen LogP contribution >= 0.6 is 0 Å². The number of halogens is 1. The van der Waals surface area contributed by atoms with Gasteiger partial charge in [0, 0.05) is 30.6 Å². The van der Waals surface area contributed by atoms with E-state index >= 15 is 0 Å². The van der Waals surface area contributed by atoms with Crippen LogP contribution in [-0.4, -0.2) is 34.0 Å². The minimum Gasteiger partial charge on any atom is -0.318 e. The van der Waals surface area contributed by atoms with Gasteiger partial charge in [0.25, 0.3) is 0 Å². The third-order valence-electron chi connectivity index (χ3n) is 6.43. The van der Waals surface area contributed by atoms with Crippen LogP contribution in [0, 0.1) is 5.82 Å². The summed E-state index contributed by atoms with van der Waals surface area (Å²) in [5, 5.41) is 0. The van der Waals surface area contributed by atoms with E-state index in [4.69, 9.17) is 4.98 Å². The first-order valence-electron chi connectivity index (χ1n) is 11.8. The second-order valence-corrected chi connectivity index (χ2v) is 9.09. The van der Waals surface area contributed by atoms with Crippen molar-refractivity contribution >= 4 is 34.2 Å². The van der Waals surface area contributed by atoms with Gasteiger partial charge in [-0.25, -0.2) is 9.37 Å². The summed E-state index contributed by atoms with van der Waals surface area (Å²) in [4.78, 5) is 34.6. The lowest BCUT2D eigenvalue weighted by atomic mass is 10.1.